The SMILES string of the molecule is CO[C@H]1OC[C@@H](O)[C@H]2OC(C)(C)OC2C1OC(C)=O. The average molecular weight is 276 g/mol. The summed E-state index contributed by atoms with van der Waals surface area (Å²) in [7, 11) is 1.44. The van der Waals surface area contributed by atoms with Crippen molar-refractivity contribution in [3.8, 4) is 0 Å². The molecule has 0 saturated carbocycles. The Morgan fingerprint density at radius 1 is 1.32 bits per heavy atom. The summed E-state index contributed by atoms with van der Waals surface area (Å²) < 4.78 is 27.1. The van der Waals surface area contributed by atoms with Crippen molar-refractivity contribution in [3.05, 3.63) is 0 Å². The van der Waals surface area contributed by atoms with Crippen molar-refractivity contribution in [1.29, 1.82) is 0 Å². The fourth-order valence-corrected chi connectivity index (χ4v) is 2.42. The van der Waals surface area contributed by atoms with Crippen molar-refractivity contribution in [3.63, 3.8) is 0 Å². The molecule has 0 amide bonds. The lowest BCUT2D eigenvalue weighted by Crippen LogP contribution is -2.47. The van der Waals surface area contributed by atoms with Gasteiger partial charge in [-0.05, 0) is 13.8 Å². The van der Waals surface area contributed by atoms with E-state index < -0.39 is 42.5 Å². The second kappa shape index (κ2) is 5.34. The second-order valence-corrected chi connectivity index (χ2v) is 5.14. The van der Waals surface area contributed by atoms with Gasteiger partial charge in [0.15, 0.2) is 18.2 Å². The van der Waals surface area contributed by atoms with E-state index in [9.17, 15) is 9.90 Å². The maximum atomic E-state index is 11.2. The molecule has 1 N–H and O–H groups in total. The van der Waals surface area contributed by atoms with Crippen LogP contribution in [0.1, 0.15) is 20.8 Å². The first-order valence-corrected chi connectivity index (χ1v) is 6.19. The van der Waals surface area contributed by atoms with Crippen LogP contribution in [0.5, 0.6) is 0 Å². The average Bonchev–Trinajstić information content (AvgIpc) is 2.58. The predicted molar refractivity (Wildman–Crippen MR) is 62.1 cm³/mol. The van der Waals surface area contributed by atoms with Crippen LogP contribution in [0.2, 0.25) is 0 Å². The number of carbonyl (C=O) groups is 1. The Morgan fingerprint density at radius 3 is 2.53 bits per heavy atom. The molecule has 7 nitrogen and oxygen atoms in total. The fourth-order valence-electron chi connectivity index (χ4n) is 2.42. The molecule has 0 aromatic rings. The zero-order valence-electron chi connectivity index (χ0n) is 11.5. The standard InChI is InChI=1S/C12H20O7/c1-6(13)17-10-9-8(18-12(2,3)19-9)7(14)5-16-11(10)15-4/h7-11,14H,5H2,1-4H3/t7-,8-,9?,10?,11+/m1/s1. The van der Waals surface area contributed by atoms with Gasteiger partial charge in [0.25, 0.3) is 0 Å². The van der Waals surface area contributed by atoms with Gasteiger partial charge in [-0.15, -0.1) is 0 Å². The molecular formula is C12H20O7. The van der Waals surface area contributed by atoms with E-state index in [0.29, 0.717) is 0 Å². The fraction of sp³-hybridized carbons (Fsp3) is 0.917. The summed E-state index contributed by atoms with van der Waals surface area (Å²) >= 11 is 0. The van der Waals surface area contributed by atoms with Gasteiger partial charge < -0.3 is 28.8 Å². The second-order valence-electron chi connectivity index (χ2n) is 5.14. The highest BCUT2D eigenvalue weighted by Gasteiger charge is 2.54. The first-order valence-electron chi connectivity index (χ1n) is 6.19. The number of esters is 1. The van der Waals surface area contributed by atoms with Crippen molar-refractivity contribution in [2.24, 2.45) is 0 Å². The van der Waals surface area contributed by atoms with Crippen LogP contribution in [0.4, 0.5) is 0 Å². The zero-order valence-corrected chi connectivity index (χ0v) is 11.5. The van der Waals surface area contributed by atoms with E-state index >= 15 is 0 Å². The van der Waals surface area contributed by atoms with E-state index in [0.717, 1.165) is 0 Å². The molecule has 0 spiro atoms. The number of aliphatic hydroxyl groups excluding tert-OH is 1. The number of ether oxygens (including phenoxy) is 5. The Bertz CT molecular complexity index is 343. The highest BCUT2D eigenvalue weighted by Crippen LogP contribution is 2.36. The molecule has 2 aliphatic rings. The summed E-state index contributed by atoms with van der Waals surface area (Å²) in [6.07, 6.45) is -3.72. The van der Waals surface area contributed by atoms with Gasteiger partial charge in [-0.3, -0.25) is 4.79 Å². The van der Waals surface area contributed by atoms with Gasteiger partial charge in [0, 0.05) is 14.0 Å². The van der Waals surface area contributed by atoms with Gasteiger partial charge in [-0.1, -0.05) is 0 Å². The molecule has 2 aliphatic heterocycles. The molecule has 19 heavy (non-hydrogen) atoms. The van der Waals surface area contributed by atoms with Crippen LogP contribution < -0.4 is 0 Å². The summed E-state index contributed by atoms with van der Waals surface area (Å²) in [5, 5.41) is 10.0. The highest BCUT2D eigenvalue weighted by molar-refractivity contribution is 5.66. The van der Waals surface area contributed by atoms with E-state index in [2.05, 4.69) is 0 Å². The van der Waals surface area contributed by atoms with Gasteiger partial charge >= 0.3 is 5.97 Å². The van der Waals surface area contributed by atoms with E-state index in [1.807, 2.05) is 0 Å². The molecular weight excluding hydrogens is 256 g/mol. The van der Waals surface area contributed by atoms with E-state index in [1.165, 1.54) is 14.0 Å². The van der Waals surface area contributed by atoms with Crippen molar-refractivity contribution in [2.45, 2.75) is 57.3 Å². The quantitative estimate of drug-likeness (QED) is 0.699. The van der Waals surface area contributed by atoms with Crippen LogP contribution >= 0.6 is 0 Å². The molecule has 110 valence electrons. The number of rotatable bonds is 2. The summed E-state index contributed by atoms with van der Waals surface area (Å²) in [6, 6.07) is 0. The third-order valence-electron chi connectivity index (χ3n) is 3.10. The zero-order chi connectivity index (χ0) is 14.2. The molecule has 0 aromatic carbocycles. The van der Waals surface area contributed by atoms with Crippen LogP contribution in [-0.2, 0) is 28.5 Å². The Morgan fingerprint density at radius 2 is 1.95 bits per heavy atom. The molecule has 5 atom stereocenters. The lowest BCUT2D eigenvalue weighted by Gasteiger charge is -2.28. The van der Waals surface area contributed by atoms with Gasteiger partial charge in [0.2, 0.25) is 0 Å². The van der Waals surface area contributed by atoms with Crippen LogP contribution in [0.25, 0.3) is 0 Å². The van der Waals surface area contributed by atoms with Crippen LogP contribution in [0.3, 0.4) is 0 Å². The molecule has 0 aliphatic carbocycles. The molecule has 0 aromatic heterocycles. The van der Waals surface area contributed by atoms with Gasteiger partial charge in [-0.2, -0.15) is 0 Å². The predicted octanol–water partition coefficient (Wildman–Crippen LogP) is -0.198. The van der Waals surface area contributed by atoms with Crippen LogP contribution in [0.15, 0.2) is 0 Å². The van der Waals surface area contributed by atoms with Gasteiger partial charge in [-0.25, -0.2) is 0 Å². The molecule has 0 radical (unpaired) electrons. The van der Waals surface area contributed by atoms with E-state index in [4.69, 9.17) is 23.7 Å². The van der Waals surface area contributed by atoms with E-state index in [-0.39, 0.29) is 6.61 Å². The number of methoxy groups -OCH3 is 1. The van der Waals surface area contributed by atoms with Crippen LogP contribution in [0, 0.1) is 0 Å². The maximum Gasteiger partial charge on any atom is 0.303 e. The Hall–Kier alpha value is -0.730. The third kappa shape index (κ3) is 3.06. The minimum Gasteiger partial charge on any atom is -0.454 e. The Kier molecular flexibility index (Phi) is 4.12. The van der Waals surface area contributed by atoms with Crippen molar-refractivity contribution in [2.75, 3.05) is 13.7 Å². The van der Waals surface area contributed by atoms with Gasteiger partial charge in [0.1, 0.15) is 18.3 Å². The molecule has 2 unspecified atom stereocenters. The lowest BCUT2D eigenvalue weighted by molar-refractivity contribution is -0.231. The molecule has 2 heterocycles. The number of aliphatic hydroxyl groups is 1. The largest absolute Gasteiger partial charge is 0.454 e. The smallest absolute Gasteiger partial charge is 0.303 e. The maximum absolute atomic E-state index is 11.2. The van der Waals surface area contributed by atoms with Crippen molar-refractivity contribution in [1.82, 2.24) is 0 Å². The molecule has 2 saturated heterocycles. The number of hydrogen-bond acceptors (Lipinski definition) is 7. The Labute approximate surface area is 111 Å². The van der Waals surface area contributed by atoms with Crippen molar-refractivity contribution >= 4 is 5.97 Å². The first kappa shape index (κ1) is 14.7. The number of carbonyl (C=O) groups excluding carboxylic acids is 1. The summed E-state index contributed by atoms with van der Waals surface area (Å²) in [5.74, 6) is -1.33. The highest BCUT2D eigenvalue weighted by atomic mass is 16.8. The number of fused-ring (bicyclic) bond motifs is 1. The molecule has 2 fully saturated rings. The summed E-state index contributed by atoms with van der Waals surface area (Å²) in [4.78, 5) is 11.2. The minimum absolute atomic E-state index is 0.0247. The molecule has 7 heteroatoms. The monoisotopic (exact) mass is 276 g/mol. The lowest BCUT2D eigenvalue weighted by atomic mass is 10.0. The molecule has 0 bridgehead atoms. The van der Waals surface area contributed by atoms with E-state index in [1.54, 1.807) is 13.8 Å². The topological polar surface area (TPSA) is 83.5 Å². The minimum atomic E-state index is -0.870. The third-order valence-corrected chi connectivity index (χ3v) is 3.10. The van der Waals surface area contributed by atoms with Gasteiger partial charge in [0.05, 0.1) is 6.61 Å². The number of hydrogen-bond donors (Lipinski definition) is 1. The summed E-state index contributed by atoms with van der Waals surface area (Å²) in [6.45, 7) is 4.80. The van der Waals surface area contributed by atoms with Crippen molar-refractivity contribution < 1.29 is 33.6 Å². The Balaban J connectivity index is 2.26. The first-order chi connectivity index (χ1) is 8.84. The summed E-state index contributed by atoms with van der Waals surface area (Å²) in [5.41, 5.74) is 0. The van der Waals surface area contributed by atoms with Crippen LogP contribution in [-0.4, -0.2) is 61.3 Å². The normalized spacial score (nSPS) is 41.4. The molecule has 2 rings (SSSR count).